The number of amides is 1. The lowest BCUT2D eigenvalue weighted by Crippen LogP contribution is -2.32. The van der Waals surface area contributed by atoms with Crippen molar-refractivity contribution >= 4 is 5.91 Å². The third-order valence-corrected chi connectivity index (χ3v) is 4.25. The molecule has 1 atom stereocenters. The van der Waals surface area contributed by atoms with Gasteiger partial charge in [-0.25, -0.2) is 4.98 Å². The molecule has 2 rings (SSSR count). The van der Waals surface area contributed by atoms with Gasteiger partial charge in [0, 0.05) is 32.7 Å². The van der Waals surface area contributed by atoms with Gasteiger partial charge >= 0.3 is 0 Å². The average molecular weight is 308 g/mol. The van der Waals surface area contributed by atoms with Crippen molar-refractivity contribution in [1.29, 1.82) is 0 Å². The van der Waals surface area contributed by atoms with Gasteiger partial charge in [-0.15, -0.1) is 0 Å². The molecule has 0 aliphatic carbocycles. The van der Waals surface area contributed by atoms with Gasteiger partial charge < -0.3 is 9.64 Å². The highest BCUT2D eigenvalue weighted by atomic mass is 16.5. The number of likely N-dealkylation sites (N-methyl/N-ethyl adjacent to an activating group) is 1. The van der Waals surface area contributed by atoms with Gasteiger partial charge in [0.15, 0.2) is 5.82 Å². The van der Waals surface area contributed by atoms with Gasteiger partial charge in [-0.2, -0.15) is 5.10 Å². The number of H-pyrrole nitrogens is 1. The number of carbonyl (C=O) groups is 1. The summed E-state index contributed by atoms with van der Waals surface area (Å²) in [5.41, 5.74) is 0. The zero-order valence-corrected chi connectivity index (χ0v) is 14.0. The van der Waals surface area contributed by atoms with Crippen LogP contribution in [-0.4, -0.2) is 52.8 Å². The maximum absolute atomic E-state index is 12.3. The minimum Gasteiger partial charge on any atom is -0.381 e. The van der Waals surface area contributed by atoms with E-state index < -0.39 is 0 Å². The van der Waals surface area contributed by atoms with Gasteiger partial charge in [0.05, 0.1) is 6.42 Å². The first kappa shape index (κ1) is 16.9. The highest BCUT2D eigenvalue weighted by Gasteiger charge is 2.21. The lowest BCUT2D eigenvalue weighted by Gasteiger charge is -2.21. The SMILES string of the molecule is CCCC(C)CN(C)C(=O)Cc1nc(C2CCOCC2)n[nH]1. The summed E-state index contributed by atoms with van der Waals surface area (Å²) in [4.78, 5) is 18.6. The van der Waals surface area contributed by atoms with Gasteiger partial charge in [-0.05, 0) is 25.2 Å². The Hall–Kier alpha value is -1.43. The third kappa shape index (κ3) is 4.80. The van der Waals surface area contributed by atoms with Crippen LogP contribution in [0.3, 0.4) is 0 Å². The van der Waals surface area contributed by atoms with Crippen molar-refractivity contribution < 1.29 is 9.53 Å². The Labute approximate surface area is 132 Å². The van der Waals surface area contributed by atoms with E-state index in [9.17, 15) is 4.79 Å². The van der Waals surface area contributed by atoms with E-state index in [2.05, 4.69) is 29.0 Å². The summed E-state index contributed by atoms with van der Waals surface area (Å²) in [5, 5.41) is 7.20. The van der Waals surface area contributed by atoms with E-state index in [1.807, 2.05) is 7.05 Å². The van der Waals surface area contributed by atoms with Crippen LogP contribution in [0, 0.1) is 5.92 Å². The maximum Gasteiger partial charge on any atom is 0.229 e. The Morgan fingerprint density at radius 3 is 2.86 bits per heavy atom. The molecule has 1 amide bonds. The first-order valence-electron chi connectivity index (χ1n) is 8.33. The summed E-state index contributed by atoms with van der Waals surface area (Å²) in [6, 6.07) is 0. The van der Waals surface area contributed by atoms with E-state index in [1.54, 1.807) is 4.90 Å². The molecular weight excluding hydrogens is 280 g/mol. The van der Waals surface area contributed by atoms with Gasteiger partial charge in [0.1, 0.15) is 5.82 Å². The van der Waals surface area contributed by atoms with Crippen molar-refractivity contribution in [2.24, 2.45) is 5.92 Å². The predicted octanol–water partition coefficient (Wildman–Crippen LogP) is 2.14. The molecule has 1 aliphatic heterocycles. The first-order valence-corrected chi connectivity index (χ1v) is 8.33. The summed E-state index contributed by atoms with van der Waals surface area (Å²) >= 11 is 0. The molecule has 0 aromatic carbocycles. The lowest BCUT2D eigenvalue weighted by atomic mass is 10.00. The molecule has 6 nitrogen and oxygen atoms in total. The molecule has 1 fully saturated rings. The van der Waals surface area contributed by atoms with Crippen molar-refractivity contribution in [2.45, 2.75) is 51.9 Å². The van der Waals surface area contributed by atoms with Gasteiger partial charge in [0.25, 0.3) is 0 Å². The zero-order chi connectivity index (χ0) is 15.9. The summed E-state index contributed by atoms with van der Waals surface area (Å²) < 4.78 is 5.35. The number of rotatable bonds is 7. The number of carbonyl (C=O) groups excluding carboxylic acids is 1. The summed E-state index contributed by atoms with van der Waals surface area (Å²) in [7, 11) is 1.87. The molecular formula is C16H28N4O2. The van der Waals surface area contributed by atoms with E-state index in [4.69, 9.17) is 4.74 Å². The largest absolute Gasteiger partial charge is 0.381 e. The molecule has 1 unspecified atom stereocenters. The second kappa shape index (κ2) is 8.27. The summed E-state index contributed by atoms with van der Waals surface area (Å²) in [6.45, 7) is 6.69. The number of aromatic amines is 1. The first-order chi connectivity index (χ1) is 10.6. The second-order valence-corrected chi connectivity index (χ2v) is 6.37. The Morgan fingerprint density at radius 2 is 2.18 bits per heavy atom. The molecule has 1 N–H and O–H groups in total. The van der Waals surface area contributed by atoms with Crippen LogP contribution in [-0.2, 0) is 16.0 Å². The number of ether oxygens (including phenoxy) is 1. The predicted molar refractivity (Wildman–Crippen MR) is 84.6 cm³/mol. The lowest BCUT2D eigenvalue weighted by molar-refractivity contribution is -0.129. The average Bonchev–Trinajstić information content (AvgIpc) is 2.96. The Morgan fingerprint density at radius 1 is 1.45 bits per heavy atom. The molecule has 1 aliphatic rings. The molecule has 124 valence electrons. The van der Waals surface area contributed by atoms with Gasteiger partial charge in [0.2, 0.25) is 5.91 Å². The fourth-order valence-electron chi connectivity index (χ4n) is 2.96. The number of hydrogen-bond donors (Lipinski definition) is 1. The van der Waals surface area contributed by atoms with E-state index >= 15 is 0 Å². The molecule has 6 heteroatoms. The van der Waals surface area contributed by atoms with E-state index in [0.29, 0.717) is 24.1 Å². The molecule has 1 aromatic heterocycles. The minimum absolute atomic E-state index is 0.0950. The van der Waals surface area contributed by atoms with Crippen molar-refractivity contribution in [2.75, 3.05) is 26.8 Å². The van der Waals surface area contributed by atoms with Crippen LogP contribution in [0.15, 0.2) is 0 Å². The van der Waals surface area contributed by atoms with Crippen molar-refractivity contribution in [3.63, 3.8) is 0 Å². The number of nitrogens with zero attached hydrogens (tertiary/aromatic N) is 3. The van der Waals surface area contributed by atoms with Crippen molar-refractivity contribution in [3.05, 3.63) is 11.6 Å². The number of nitrogens with one attached hydrogen (secondary N) is 1. The minimum atomic E-state index is 0.0950. The van der Waals surface area contributed by atoms with Crippen LogP contribution >= 0.6 is 0 Å². The Kier molecular flexibility index (Phi) is 6.36. The fourth-order valence-corrected chi connectivity index (χ4v) is 2.96. The normalized spacial score (nSPS) is 17.4. The van der Waals surface area contributed by atoms with E-state index in [1.165, 1.54) is 0 Å². The molecule has 2 heterocycles. The molecule has 1 saturated heterocycles. The van der Waals surface area contributed by atoms with Crippen molar-refractivity contribution in [1.82, 2.24) is 20.1 Å². The number of hydrogen-bond acceptors (Lipinski definition) is 4. The molecule has 0 saturated carbocycles. The molecule has 0 spiro atoms. The third-order valence-electron chi connectivity index (χ3n) is 4.25. The zero-order valence-electron chi connectivity index (χ0n) is 14.0. The van der Waals surface area contributed by atoms with E-state index in [-0.39, 0.29) is 5.91 Å². The highest BCUT2D eigenvalue weighted by molar-refractivity contribution is 5.77. The summed E-state index contributed by atoms with van der Waals surface area (Å²) in [6.07, 6.45) is 4.51. The number of aromatic nitrogens is 3. The van der Waals surface area contributed by atoms with Crippen LogP contribution in [0.25, 0.3) is 0 Å². The molecule has 0 radical (unpaired) electrons. The van der Waals surface area contributed by atoms with Crippen LogP contribution in [0.4, 0.5) is 0 Å². The molecule has 1 aromatic rings. The monoisotopic (exact) mass is 308 g/mol. The van der Waals surface area contributed by atoms with Gasteiger partial charge in [-0.1, -0.05) is 20.3 Å². The topological polar surface area (TPSA) is 71.1 Å². The fraction of sp³-hybridized carbons (Fsp3) is 0.812. The van der Waals surface area contributed by atoms with Crippen LogP contribution < -0.4 is 0 Å². The van der Waals surface area contributed by atoms with Crippen LogP contribution in [0.2, 0.25) is 0 Å². The molecule has 22 heavy (non-hydrogen) atoms. The summed E-state index contributed by atoms with van der Waals surface area (Å²) in [5.74, 6) is 2.48. The Balaban J connectivity index is 1.84. The van der Waals surface area contributed by atoms with Gasteiger partial charge in [-0.3, -0.25) is 9.89 Å². The second-order valence-electron chi connectivity index (χ2n) is 6.37. The molecule has 0 bridgehead atoms. The van der Waals surface area contributed by atoms with Crippen molar-refractivity contribution in [3.8, 4) is 0 Å². The maximum atomic E-state index is 12.3. The smallest absolute Gasteiger partial charge is 0.229 e. The quantitative estimate of drug-likeness (QED) is 0.837. The standard InChI is InChI=1S/C16H28N4O2/c1-4-5-12(2)11-20(3)15(21)10-14-17-16(19-18-14)13-6-8-22-9-7-13/h12-13H,4-11H2,1-3H3,(H,17,18,19). The Bertz CT molecular complexity index is 468. The van der Waals surface area contributed by atoms with Crippen LogP contribution in [0.5, 0.6) is 0 Å². The van der Waals surface area contributed by atoms with Crippen LogP contribution in [0.1, 0.15) is 57.1 Å². The van der Waals surface area contributed by atoms with E-state index in [0.717, 1.165) is 51.3 Å². The highest BCUT2D eigenvalue weighted by Crippen LogP contribution is 2.23.